The molecule has 0 spiro atoms. The first-order valence-electron chi connectivity index (χ1n) is 10.3. The van der Waals surface area contributed by atoms with Crippen molar-refractivity contribution in [1.29, 1.82) is 0 Å². The second-order valence-corrected chi connectivity index (χ2v) is 8.76. The van der Waals surface area contributed by atoms with Gasteiger partial charge in [-0.05, 0) is 24.6 Å². The Hall–Kier alpha value is -3.58. The Bertz CT molecular complexity index is 1280. The Balaban J connectivity index is 1.31. The molecule has 1 aromatic heterocycles. The van der Waals surface area contributed by atoms with Gasteiger partial charge in [0, 0.05) is 22.9 Å². The Morgan fingerprint density at radius 1 is 0.969 bits per heavy atom. The van der Waals surface area contributed by atoms with Gasteiger partial charge in [-0.25, -0.2) is 0 Å². The minimum atomic E-state index is -0.329. The third-order valence-corrected chi connectivity index (χ3v) is 6.35. The van der Waals surface area contributed by atoms with Crippen LogP contribution in [0, 0.1) is 0 Å². The molecule has 6 nitrogen and oxygen atoms in total. The van der Waals surface area contributed by atoms with Crippen molar-refractivity contribution in [2.24, 2.45) is 0 Å². The van der Waals surface area contributed by atoms with E-state index in [0.717, 1.165) is 38.4 Å². The maximum Gasteiger partial charge on any atom is 0.233 e. The second kappa shape index (κ2) is 8.88. The molecule has 5 rings (SSSR count). The average molecular weight is 444 g/mol. The number of carbonyl (C=O) groups is 1. The summed E-state index contributed by atoms with van der Waals surface area (Å²) < 4.78 is 10.7. The van der Waals surface area contributed by atoms with Crippen LogP contribution < -0.4 is 14.8 Å². The van der Waals surface area contributed by atoms with E-state index in [0.29, 0.717) is 12.3 Å². The Kier molecular flexibility index (Phi) is 5.64. The van der Waals surface area contributed by atoms with E-state index in [-0.39, 0.29) is 18.0 Å². The van der Waals surface area contributed by atoms with Gasteiger partial charge in [0.2, 0.25) is 12.7 Å². The van der Waals surface area contributed by atoms with Gasteiger partial charge in [0.25, 0.3) is 0 Å². The zero-order chi connectivity index (χ0) is 21.9. The van der Waals surface area contributed by atoms with Gasteiger partial charge in [-0.2, -0.15) is 0 Å². The number of nitrogens with one attached hydrogen (secondary N) is 1. The van der Waals surface area contributed by atoms with Gasteiger partial charge in [-0.1, -0.05) is 72.4 Å². The maximum atomic E-state index is 12.7. The Morgan fingerprint density at radius 3 is 2.56 bits per heavy atom. The zero-order valence-corrected chi connectivity index (χ0v) is 18.3. The highest BCUT2D eigenvalue weighted by molar-refractivity contribution is 8.00. The predicted octanol–water partition coefficient (Wildman–Crippen LogP) is 4.82. The number of fused-ring (bicyclic) bond motifs is 2. The summed E-state index contributed by atoms with van der Waals surface area (Å²) in [4.78, 5) is 12.7. The molecule has 160 valence electrons. The summed E-state index contributed by atoms with van der Waals surface area (Å²) in [6.45, 7) is 2.53. The highest BCUT2D eigenvalue weighted by atomic mass is 32.2. The smallest absolute Gasteiger partial charge is 0.233 e. The average Bonchev–Trinajstić information content (AvgIpc) is 3.31. The number of benzene rings is 3. The fraction of sp³-hybridized carbons (Fsp3) is 0.160. The van der Waals surface area contributed by atoms with Crippen molar-refractivity contribution >= 4 is 28.4 Å². The van der Waals surface area contributed by atoms with Crippen molar-refractivity contribution in [1.82, 2.24) is 15.5 Å². The normalized spacial score (nSPS) is 13.2. The van der Waals surface area contributed by atoms with E-state index >= 15 is 0 Å². The van der Waals surface area contributed by atoms with Crippen LogP contribution in [0.4, 0.5) is 0 Å². The number of thioether (sulfide) groups is 1. The first-order valence-corrected chi connectivity index (χ1v) is 11.2. The highest BCUT2D eigenvalue weighted by Crippen LogP contribution is 2.34. The van der Waals surface area contributed by atoms with E-state index in [1.54, 1.807) is 0 Å². The maximum absolute atomic E-state index is 12.7. The molecule has 32 heavy (non-hydrogen) atoms. The number of amides is 1. The molecule has 2 heterocycles. The standard InChI is InChI=1S/C25H21N3O3S/c1-16(24(29)26-14-17-11-12-21-22(13-17)31-15-30-21)32-25-20-10-6-5-9-19(20)23(27-28-25)18-7-3-2-4-8-18/h2-13,16H,14-15H2,1H3,(H,26,29)/t16-/m0/s1. The minimum Gasteiger partial charge on any atom is -0.454 e. The van der Waals surface area contributed by atoms with E-state index in [2.05, 4.69) is 15.5 Å². The topological polar surface area (TPSA) is 73.3 Å². The van der Waals surface area contributed by atoms with Gasteiger partial charge in [0.05, 0.1) is 5.25 Å². The zero-order valence-electron chi connectivity index (χ0n) is 17.4. The highest BCUT2D eigenvalue weighted by Gasteiger charge is 2.19. The number of hydrogen-bond donors (Lipinski definition) is 1. The first kappa shape index (κ1) is 20.3. The molecule has 1 aliphatic rings. The van der Waals surface area contributed by atoms with Crippen molar-refractivity contribution < 1.29 is 14.3 Å². The van der Waals surface area contributed by atoms with Crippen molar-refractivity contribution in [3.63, 3.8) is 0 Å². The van der Waals surface area contributed by atoms with E-state index in [4.69, 9.17) is 9.47 Å². The summed E-state index contributed by atoms with van der Waals surface area (Å²) in [5, 5.41) is 14.4. The molecule has 7 heteroatoms. The summed E-state index contributed by atoms with van der Waals surface area (Å²) in [6, 6.07) is 23.7. The van der Waals surface area contributed by atoms with E-state index in [9.17, 15) is 4.79 Å². The van der Waals surface area contributed by atoms with Crippen LogP contribution in [0.15, 0.2) is 77.8 Å². The molecule has 4 aromatic rings. The van der Waals surface area contributed by atoms with Crippen molar-refractivity contribution in [3.8, 4) is 22.8 Å². The molecule has 3 aromatic carbocycles. The molecule has 0 fully saturated rings. The molecular weight excluding hydrogens is 422 g/mol. The van der Waals surface area contributed by atoms with Crippen LogP contribution in [0.1, 0.15) is 12.5 Å². The molecule has 0 aliphatic carbocycles. The second-order valence-electron chi connectivity index (χ2n) is 7.43. The Morgan fingerprint density at radius 2 is 1.72 bits per heavy atom. The van der Waals surface area contributed by atoms with E-state index in [1.807, 2.05) is 79.7 Å². The summed E-state index contributed by atoms with van der Waals surface area (Å²) >= 11 is 1.41. The van der Waals surface area contributed by atoms with Gasteiger partial charge in [0.1, 0.15) is 10.7 Å². The number of hydrogen-bond acceptors (Lipinski definition) is 6. The number of rotatable bonds is 6. The van der Waals surface area contributed by atoms with Crippen LogP contribution in [0.3, 0.4) is 0 Å². The quantitative estimate of drug-likeness (QED) is 0.431. The lowest BCUT2D eigenvalue weighted by Crippen LogP contribution is -2.30. The number of carbonyl (C=O) groups excluding carboxylic acids is 1. The van der Waals surface area contributed by atoms with Crippen molar-refractivity contribution in [2.45, 2.75) is 23.7 Å². The Labute approximate surface area is 190 Å². The molecule has 0 radical (unpaired) electrons. The molecule has 0 saturated carbocycles. The molecule has 0 bridgehead atoms. The van der Waals surface area contributed by atoms with Crippen molar-refractivity contribution in [2.75, 3.05) is 6.79 Å². The lowest BCUT2D eigenvalue weighted by Gasteiger charge is -2.14. The predicted molar refractivity (Wildman–Crippen MR) is 125 cm³/mol. The summed E-state index contributed by atoms with van der Waals surface area (Å²) in [6.07, 6.45) is 0. The third-order valence-electron chi connectivity index (χ3n) is 5.26. The van der Waals surface area contributed by atoms with Gasteiger partial charge in [0.15, 0.2) is 11.5 Å². The summed E-state index contributed by atoms with van der Waals surface area (Å²) in [5.74, 6) is 1.37. The first-order chi connectivity index (χ1) is 15.7. The van der Waals surface area contributed by atoms with Crippen molar-refractivity contribution in [3.05, 3.63) is 78.4 Å². The SMILES string of the molecule is C[C@H](Sc1nnc(-c2ccccc2)c2ccccc12)C(=O)NCc1ccc2c(c1)OCO2. The monoisotopic (exact) mass is 443 g/mol. The van der Waals surface area contributed by atoms with Crippen LogP contribution in [0.25, 0.3) is 22.0 Å². The van der Waals surface area contributed by atoms with Gasteiger partial charge < -0.3 is 14.8 Å². The van der Waals surface area contributed by atoms with E-state index < -0.39 is 0 Å². The number of nitrogens with zero attached hydrogens (tertiary/aromatic N) is 2. The largest absolute Gasteiger partial charge is 0.454 e. The molecule has 0 saturated heterocycles. The van der Waals surface area contributed by atoms with Crippen LogP contribution >= 0.6 is 11.8 Å². The third kappa shape index (κ3) is 4.11. The van der Waals surface area contributed by atoms with Crippen LogP contribution in [0.5, 0.6) is 11.5 Å². The lowest BCUT2D eigenvalue weighted by molar-refractivity contribution is -0.120. The fourth-order valence-corrected chi connectivity index (χ4v) is 4.50. The van der Waals surface area contributed by atoms with Crippen LogP contribution in [0.2, 0.25) is 0 Å². The number of ether oxygens (including phenoxy) is 2. The van der Waals surface area contributed by atoms with Gasteiger partial charge in [-0.3, -0.25) is 4.79 Å². The van der Waals surface area contributed by atoms with Gasteiger partial charge in [-0.15, -0.1) is 10.2 Å². The van der Waals surface area contributed by atoms with Gasteiger partial charge >= 0.3 is 0 Å². The lowest BCUT2D eigenvalue weighted by atomic mass is 10.1. The molecule has 1 N–H and O–H groups in total. The number of aromatic nitrogens is 2. The molecule has 1 atom stereocenters. The summed E-state index contributed by atoms with van der Waals surface area (Å²) in [7, 11) is 0. The fourth-order valence-electron chi connectivity index (χ4n) is 3.58. The van der Waals surface area contributed by atoms with Crippen LogP contribution in [-0.2, 0) is 11.3 Å². The molecule has 0 unspecified atom stereocenters. The molecule has 1 amide bonds. The minimum absolute atomic E-state index is 0.0642. The molecular formula is C25H21N3O3S. The summed E-state index contributed by atoms with van der Waals surface area (Å²) in [5.41, 5.74) is 2.81. The van der Waals surface area contributed by atoms with E-state index in [1.165, 1.54) is 11.8 Å². The molecule has 1 aliphatic heterocycles. The van der Waals surface area contributed by atoms with Crippen LogP contribution in [-0.4, -0.2) is 28.1 Å².